The molecule has 0 amide bonds. The summed E-state index contributed by atoms with van der Waals surface area (Å²) in [6.45, 7) is 1.83. The second-order valence-electron chi connectivity index (χ2n) is 5.23. The number of aryl methyl sites for hydroxylation is 1. The van der Waals surface area contributed by atoms with Crippen LogP contribution in [0.3, 0.4) is 0 Å². The molecule has 0 saturated carbocycles. The fourth-order valence-electron chi connectivity index (χ4n) is 2.33. The molecule has 126 valence electrons. The van der Waals surface area contributed by atoms with Gasteiger partial charge in [-0.2, -0.15) is 11.3 Å². The lowest BCUT2D eigenvalue weighted by atomic mass is 10.2. The lowest BCUT2D eigenvalue weighted by molar-refractivity contribution is 0.414. The third kappa shape index (κ3) is 3.53. The van der Waals surface area contributed by atoms with Crippen LogP contribution < -0.4 is 9.46 Å². The molecule has 3 rings (SSSR count). The molecule has 0 aliphatic rings. The smallest absolute Gasteiger partial charge is 0.241 e. The van der Waals surface area contributed by atoms with Gasteiger partial charge in [0, 0.05) is 10.9 Å². The maximum Gasteiger partial charge on any atom is 0.241 e. The van der Waals surface area contributed by atoms with Gasteiger partial charge < -0.3 is 9.15 Å². The van der Waals surface area contributed by atoms with E-state index in [4.69, 9.17) is 9.15 Å². The second-order valence-corrected chi connectivity index (χ2v) is 7.75. The first-order chi connectivity index (χ1) is 11.5. The van der Waals surface area contributed by atoms with Gasteiger partial charge in [-0.05, 0) is 54.3 Å². The second kappa shape index (κ2) is 6.80. The third-order valence-corrected chi connectivity index (χ3v) is 5.82. The van der Waals surface area contributed by atoms with Crippen LogP contribution in [0.1, 0.15) is 11.3 Å². The SMILES string of the molecule is COc1ccc(S(=O)(=O)NCc2ccc(-c3ccsc3)o2)c(C)c1. The molecule has 0 atom stereocenters. The van der Waals surface area contributed by atoms with E-state index in [2.05, 4.69) is 4.72 Å². The minimum absolute atomic E-state index is 0.0952. The lowest BCUT2D eigenvalue weighted by Crippen LogP contribution is -2.23. The van der Waals surface area contributed by atoms with Crippen LogP contribution in [0.15, 0.2) is 56.5 Å². The number of thiophene rings is 1. The van der Waals surface area contributed by atoms with Crippen LogP contribution in [0, 0.1) is 6.92 Å². The van der Waals surface area contributed by atoms with Crippen LogP contribution in [0.2, 0.25) is 0 Å². The lowest BCUT2D eigenvalue weighted by Gasteiger charge is -2.09. The largest absolute Gasteiger partial charge is 0.497 e. The molecule has 2 aromatic heterocycles. The van der Waals surface area contributed by atoms with Crippen molar-refractivity contribution in [2.75, 3.05) is 7.11 Å². The monoisotopic (exact) mass is 363 g/mol. The molecule has 0 radical (unpaired) electrons. The Morgan fingerprint density at radius 1 is 1.21 bits per heavy atom. The first kappa shape index (κ1) is 16.8. The van der Waals surface area contributed by atoms with Gasteiger partial charge in [-0.3, -0.25) is 0 Å². The van der Waals surface area contributed by atoms with E-state index in [0.717, 1.165) is 11.3 Å². The van der Waals surface area contributed by atoms with Crippen molar-refractivity contribution in [3.05, 3.63) is 58.5 Å². The Labute approximate surface area is 144 Å². The van der Waals surface area contributed by atoms with Crippen LogP contribution in [0.25, 0.3) is 11.3 Å². The molecular weight excluding hydrogens is 346 g/mol. The van der Waals surface area contributed by atoms with E-state index in [-0.39, 0.29) is 11.4 Å². The maximum absolute atomic E-state index is 12.5. The Bertz CT molecular complexity index is 927. The zero-order chi connectivity index (χ0) is 17.2. The van der Waals surface area contributed by atoms with Crippen molar-refractivity contribution in [3.63, 3.8) is 0 Å². The topological polar surface area (TPSA) is 68.5 Å². The van der Waals surface area contributed by atoms with Gasteiger partial charge in [0.25, 0.3) is 0 Å². The molecule has 0 saturated heterocycles. The quantitative estimate of drug-likeness (QED) is 0.723. The molecule has 0 fully saturated rings. The van der Waals surface area contributed by atoms with Crippen molar-refractivity contribution < 1.29 is 17.6 Å². The van der Waals surface area contributed by atoms with Gasteiger partial charge in [0.2, 0.25) is 10.0 Å². The highest BCUT2D eigenvalue weighted by molar-refractivity contribution is 7.89. The Kier molecular flexibility index (Phi) is 4.75. The van der Waals surface area contributed by atoms with Crippen molar-refractivity contribution in [1.82, 2.24) is 4.72 Å². The van der Waals surface area contributed by atoms with Gasteiger partial charge in [0.15, 0.2) is 0 Å². The highest BCUT2D eigenvalue weighted by atomic mass is 32.2. The summed E-state index contributed by atoms with van der Waals surface area (Å²) in [5.74, 6) is 1.91. The molecule has 1 N–H and O–H groups in total. The first-order valence-electron chi connectivity index (χ1n) is 7.25. The van der Waals surface area contributed by atoms with Gasteiger partial charge in [-0.25, -0.2) is 13.1 Å². The molecule has 0 aliphatic heterocycles. The fourth-order valence-corrected chi connectivity index (χ4v) is 4.19. The molecule has 0 aliphatic carbocycles. The number of methoxy groups -OCH3 is 1. The van der Waals surface area contributed by atoms with Crippen molar-refractivity contribution in [2.24, 2.45) is 0 Å². The van der Waals surface area contributed by atoms with Gasteiger partial charge in [0.05, 0.1) is 18.6 Å². The third-order valence-electron chi connectivity index (χ3n) is 3.58. The van der Waals surface area contributed by atoms with E-state index < -0.39 is 10.0 Å². The summed E-state index contributed by atoms with van der Waals surface area (Å²) >= 11 is 1.58. The minimum Gasteiger partial charge on any atom is -0.497 e. The fraction of sp³-hybridized carbons (Fsp3) is 0.176. The molecular formula is C17H17NO4S2. The van der Waals surface area contributed by atoms with Gasteiger partial charge in [0.1, 0.15) is 17.3 Å². The Morgan fingerprint density at radius 3 is 2.71 bits per heavy atom. The summed E-state index contributed by atoms with van der Waals surface area (Å²) in [5.41, 5.74) is 1.61. The highest BCUT2D eigenvalue weighted by Crippen LogP contribution is 2.25. The number of nitrogens with one attached hydrogen (secondary N) is 1. The standard InChI is InChI=1S/C17H17NO4S2/c1-12-9-14(21-2)4-6-17(12)24(19,20)18-10-15-3-5-16(22-15)13-7-8-23-11-13/h3-9,11,18H,10H2,1-2H3. The van der Waals surface area contributed by atoms with E-state index in [1.165, 1.54) is 6.07 Å². The zero-order valence-electron chi connectivity index (χ0n) is 13.3. The van der Waals surface area contributed by atoms with Crippen molar-refractivity contribution in [3.8, 4) is 17.1 Å². The van der Waals surface area contributed by atoms with Crippen LogP contribution in [-0.2, 0) is 16.6 Å². The molecule has 7 heteroatoms. The van der Waals surface area contributed by atoms with Crippen LogP contribution in [-0.4, -0.2) is 15.5 Å². The Hall–Kier alpha value is -2.09. The van der Waals surface area contributed by atoms with E-state index in [0.29, 0.717) is 17.1 Å². The summed E-state index contributed by atoms with van der Waals surface area (Å²) in [4.78, 5) is 0.230. The van der Waals surface area contributed by atoms with Crippen molar-refractivity contribution >= 4 is 21.4 Å². The number of sulfonamides is 1. The summed E-state index contributed by atoms with van der Waals surface area (Å²) in [6, 6.07) is 10.4. The molecule has 0 spiro atoms. The molecule has 1 aromatic carbocycles. The zero-order valence-corrected chi connectivity index (χ0v) is 14.9. The number of hydrogen-bond acceptors (Lipinski definition) is 5. The number of furan rings is 1. The predicted octanol–water partition coefficient (Wildman–Crippen LogP) is 3.80. The van der Waals surface area contributed by atoms with Gasteiger partial charge in [-0.1, -0.05) is 0 Å². The van der Waals surface area contributed by atoms with Crippen LogP contribution in [0.5, 0.6) is 5.75 Å². The first-order valence-corrected chi connectivity index (χ1v) is 9.68. The van der Waals surface area contributed by atoms with E-state index in [9.17, 15) is 8.42 Å². The average Bonchev–Trinajstić information content (AvgIpc) is 3.23. The van der Waals surface area contributed by atoms with E-state index in [1.54, 1.807) is 43.6 Å². The molecule has 0 unspecified atom stereocenters. The van der Waals surface area contributed by atoms with Gasteiger partial charge >= 0.3 is 0 Å². The van der Waals surface area contributed by atoms with Crippen LogP contribution in [0.4, 0.5) is 0 Å². The molecule has 2 heterocycles. The summed E-state index contributed by atoms with van der Waals surface area (Å²) < 4.78 is 38.3. The summed E-state index contributed by atoms with van der Waals surface area (Å²) in [6.07, 6.45) is 0. The Balaban J connectivity index is 1.74. The predicted molar refractivity (Wildman–Crippen MR) is 93.8 cm³/mol. The van der Waals surface area contributed by atoms with Crippen molar-refractivity contribution in [2.45, 2.75) is 18.4 Å². The Morgan fingerprint density at radius 2 is 2.04 bits per heavy atom. The summed E-state index contributed by atoms with van der Waals surface area (Å²) in [7, 11) is -2.08. The number of ether oxygens (including phenoxy) is 1. The minimum atomic E-state index is -3.62. The number of benzene rings is 1. The highest BCUT2D eigenvalue weighted by Gasteiger charge is 2.18. The van der Waals surface area contributed by atoms with E-state index in [1.807, 2.05) is 22.9 Å². The van der Waals surface area contributed by atoms with E-state index >= 15 is 0 Å². The van der Waals surface area contributed by atoms with Crippen molar-refractivity contribution in [1.29, 1.82) is 0 Å². The summed E-state index contributed by atoms with van der Waals surface area (Å²) in [5, 5.41) is 3.94. The van der Waals surface area contributed by atoms with Gasteiger partial charge in [-0.15, -0.1) is 0 Å². The number of rotatable bonds is 6. The average molecular weight is 363 g/mol. The molecule has 0 bridgehead atoms. The maximum atomic E-state index is 12.5. The van der Waals surface area contributed by atoms with Crippen LogP contribution >= 0.6 is 11.3 Å². The number of hydrogen-bond donors (Lipinski definition) is 1. The normalized spacial score (nSPS) is 11.6. The molecule has 24 heavy (non-hydrogen) atoms. The molecule has 3 aromatic rings. The molecule has 5 nitrogen and oxygen atoms in total.